The highest BCUT2D eigenvalue weighted by atomic mass is 32.2. The summed E-state index contributed by atoms with van der Waals surface area (Å²) in [5.41, 5.74) is 2.01. The third-order valence-corrected chi connectivity index (χ3v) is 10.8. The molecule has 0 atom stereocenters. The van der Waals surface area contributed by atoms with Crippen LogP contribution in [-0.2, 0) is 30.4 Å². The third kappa shape index (κ3) is 9.18. The van der Waals surface area contributed by atoms with Crippen molar-refractivity contribution in [3.05, 3.63) is 95.6 Å². The largest absolute Gasteiger partial charge is 0.493 e. The quantitative estimate of drug-likeness (QED) is 0.0486. The molecule has 20 nitrogen and oxygen atoms in total. The number of ether oxygens (including phenoxy) is 1. The van der Waals surface area contributed by atoms with E-state index in [0.29, 0.717) is 16.6 Å². The molecule has 298 valence electrons. The number of azo groups is 3. The number of para-hydroxylation sites is 2. The molecule has 2 aromatic heterocycles. The van der Waals surface area contributed by atoms with Gasteiger partial charge >= 0.3 is 0 Å². The van der Waals surface area contributed by atoms with Gasteiger partial charge in [-0.3, -0.25) is 18.1 Å². The minimum absolute atomic E-state index is 0.0131. The van der Waals surface area contributed by atoms with Crippen molar-refractivity contribution in [1.29, 1.82) is 5.26 Å². The normalized spacial score (nSPS) is 12.7. The number of nitrogens with zero attached hydrogens (tertiary/aromatic N) is 9. The molecule has 0 amide bonds. The number of hydrogen-bond acceptors (Lipinski definition) is 16. The van der Waals surface area contributed by atoms with E-state index in [0.717, 1.165) is 18.2 Å². The summed E-state index contributed by atoms with van der Waals surface area (Å²) in [6.45, 7) is 2.94. The molecule has 0 spiro atoms. The summed E-state index contributed by atoms with van der Waals surface area (Å²) in [6, 6.07) is 20.0. The SMILES string of the molecule is Cc1cc(N=Nc2c(C)c(C#N)c3nc4ccccc4n3c2O)c(OCCCS(=O)(=O)O)cc1N=Nc1ccc(N=Nc2ccc(S(=O)(=O)O)cc2)cc1S(=O)(=O)O. The van der Waals surface area contributed by atoms with Crippen molar-refractivity contribution >= 4 is 81.2 Å². The summed E-state index contributed by atoms with van der Waals surface area (Å²) in [5, 5.41) is 45.9. The van der Waals surface area contributed by atoms with Crippen LogP contribution in [0.3, 0.4) is 0 Å². The molecule has 0 aliphatic carbocycles. The number of aromatic nitrogens is 2. The minimum atomic E-state index is -4.90. The minimum Gasteiger partial charge on any atom is -0.493 e. The van der Waals surface area contributed by atoms with Crippen molar-refractivity contribution in [3.8, 4) is 17.7 Å². The van der Waals surface area contributed by atoms with E-state index in [2.05, 4.69) is 41.7 Å². The van der Waals surface area contributed by atoms with E-state index in [4.69, 9.17) is 9.29 Å². The molecule has 4 N–H and O–H groups in total. The van der Waals surface area contributed by atoms with Crippen molar-refractivity contribution in [2.45, 2.75) is 30.1 Å². The average molecular weight is 848 g/mol. The first kappa shape index (κ1) is 41.1. The Bertz CT molecular complexity index is 3090. The van der Waals surface area contributed by atoms with Crippen LogP contribution in [0, 0.1) is 25.2 Å². The van der Waals surface area contributed by atoms with Crippen LogP contribution < -0.4 is 4.74 Å². The van der Waals surface area contributed by atoms with Crippen LogP contribution >= 0.6 is 0 Å². The maximum atomic E-state index is 12.4. The molecule has 0 aliphatic rings. The Hall–Kier alpha value is -6.55. The topological polar surface area (TPSA) is 308 Å². The predicted molar refractivity (Wildman–Crippen MR) is 207 cm³/mol. The van der Waals surface area contributed by atoms with Crippen molar-refractivity contribution in [1.82, 2.24) is 9.38 Å². The summed E-state index contributed by atoms with van der Waals surface area (Å²) < 4.78 is 105. The Balaban J connectivity index is 1.36. The Kier molecular flexibility index (Phi) is 11.4. The zero-order valence-electron chi connectivity index (χ0n) is 30.0. The molecule has 0 saturated carbocycles. The Morgan fingerprint density at radius 3 is 2.09 bits per heavy atom. The second-order valence-electron chi connectivity index (χ2n) is 12.3. The van der Waals surface area contributed by atoms with Gasteiger partial charge in [-0.15, -0.1) is 15.3 Å². The molecule has 0 radical (unpaired) electrons. The van der Waals surface area contributed by atoms with Crippen LogP contribution in [0.5, 0.6) is 11.6 Å². The second-order valence-corrected chi connectivity index (χ2v) is 16.7. The first-order valence-corrected chi connectivity index (χ1v) is 21.0. The summed E-state index contributed by atoms with van der Waals surface area (Å²) >= 11 is 0. The van der Waals surface area contributed by atoms with Gasteiger partial charge in [0.15, 0.2) is 11.3 Å². The number of aromatic hydroxyl groups is 1. The highest BCUT2D eigenvalue weighted by Gasteiger charge is 2.22. The lowest BCUT2D eigenvalue weighted by Gasteiger charge is -2.12. The summed E-state index contributed by atoms with van der Waals surface area (Å²) in [6.07, 6.45) is -0.132. The second kappa shape index (κ2) is 16.1. The van der Waals surface area contributed by atoms with Gasteiger partial charge in [0.2, 0.25) is 5.88 Å². The molecule has 0 unspecified atom stereocenters. The molecule has 0 bridgehead atoms. The standard InChI is InChI=1S/C35H29N9O11S3/c1-20-16-29(42-43-33-21(2)25(19-36)34-37-26-6-3-4-7-30(26)44(34)35(33)45)31(55-14-5-15-56(46,47)48)18-28(20)41-40-27-13-10-23(17-32(27)58(52,53)54)39-38-22-8-11-24(12-9-22)57(49,50)51/h3-4,6-13,16-18,45H,5,14-15H2,1-2H3,(H,46,47,48)(H,49,50,51)(H,52,53,54). The molecule has 0 saturated heterocycles. The molecule has 2 heterocycles. The first-order valence-electron chi connectivity index (χ1n) is 16.5. The number of fused-ring (bicyclic) bond motifs is 3. The van der Waals surface area contributed by atoms with E-state index in [1.807, 2.05) is 0 Å². The summed E-state index contributed by atoms with van der Waals surface area (Å²) in [7, 11) is -13.6. The molecule has 0 aliphatic heterocycles. The maximum absolute atomic E-state index is 12.4. The lowest BCUT2D eigenvalue weighted by Crippen LogP contribution is -2.08. The molecular formula is C35H29N9O11S3. The summed E-state index contributed by atoms with van der Waals surface area (Å²) in [4.78, 5) is 3.42. The third-order valence-electron chi connectivity index (χ3n) is 8.29. The van der Waals surface area contributed by atoms with Crippen molar-refractivity contribution in [3.63, 3.8) is 0 Å². The fourth-order valence-electron chi connectivity index (χ4n) is 5.47. The van der Waals surface area contributed by atoms with Gasteiger partial charge in [-0.2, -0.15) is 45.9 Å². The van der Waals surface area contributed by atoms with E-state index >= 15 is 0 Å². The number of benzene rings is 4. The van der Waals surface area contributed by atoms with Crippen LogP contribution in [0.4, 0.5) is 34.1 Å². The monoisotopic (exact) mass is 847 g/mol. The lowest BCUT2D eigenvalue weighted by molar-refractivity contribution is 0.317. The molecule has 23 heteroatoms. The van der Waals surface area contributed by atoms with E-state index in [9.17, 15) is 44.7 Å². The van der Waals surface area contributed by atoms with Gasteiger partial charge in [-0.05, 0) is 86.5 Å². The number of imidazole rings is 1. The van der Waals surface area contributed by atoms with Gasteiger partial charge in [0.25, 0.3) is 30.4 Å². The maximum Gasteiger partial charge on any atom is 0.296 e. The van der Waals surface area contributed by atoms with E-state index in [-0.39, 0.29) is 80.5 Å². The van der Waals surface area contributed by atoms with Gasteiger partial charge in [-0.25, -0.2) is 4.98 Å². The van der Waals surface area contributed by atoms with Gasteiger partial charge in [-0.1, -0.05) is 12.1 Å². The Morgan fingerprint density at radius 1 is 0.759 bits per heavy atom. The van der Waals surface area contributed by atoms with Gasteiger partial charge in [0.05, 0.1) is 45.4 Å². The molecular weight excluding hydrogens is 819 g/mol. The van der Waals surface area contributed by atoms with Crippen LogP contribution in [-0.4, -0.2) is 65.8 Å². The van der Waals surface area contributed by atoms with E-state index < -0.39 is 41.0 Å². The smallest absolute Gasteiger partial charge is 0.296 e. The first-order chi connectivity index (χ1) is 27.3. The molecule has 0 fully saturated rings. The van der Waals surface area contributed by atoms with Gasteiger partial charge < -0.3 is 9.84 Å². The van der Waals surface area contributed by atoms with Gasteiger partial charge in [0, 0.05) is 11.6 Å². The highest BCUT2D eigenvalue weighted by molar-refractivity contribution is 7.86. The molecule has 6 rings (SSSR count). The Morgan fingerprint density at radius 2 is 1.41 bits per heavy atom. The lowest BCUT2D eigenvalue weighted by atomic mass is 10.1. The average Bonchev–Trinajstić information content (AvgIpc) is 3.54. The fourth-order valence-corrected chi connectivity index (χ4v) is 7.08. The predicted octanol–water partition coefficient (Wildman–Crippen LogP) is 8.08. The Labute approximate surface area is 329 Å². The van der Waals surface area contributed by atoms with Crippen molar-refractivity contribution < 1.29 is 48.8 Å². The number of nitriles is 1. The van der Waals surface area contributed by atoms with Crippen LogP contribution in [0.1, 0.15) is 23.1 Å². The van der Waals surface area contributed by atoms with E-state index in [1.54, 1.807) is 38.1 Å². The molecule has 58 heavy (non-hydrogen) atoms. The van der Waals surface area contributed by atoms with E-state index in [1.165, 1.54) is 40.8 Å². The fraction of sp³-hybridized carbons (Fsp3) is 0.143. The highest BCUT2D eigenvalue weighted by Crippen LogP contribution is 2.41. The zero-order chi connectivity index (χ0) is 42.0. The van der Waals surface area contributed by atoms with Crippen LogP contribution in [0.15, 0.2) is 119 Å². The zero-order valence-corrected chi connectivity index (χ0v) is 32.5. The van der Waals surface area contributed by atoms with Crippen molar-refractivity contribution in [2.75, 3.05) is 12.4 Å². The number of pyridine rings is 1. The summed E-state index contributed by atoms with van der Waals surface area (Å²) in [5.74, 6) is -0.974. The van der Waals surface area contributed by atoms with Crippen LogP contribution in [0.2, 0.25) is 0 Å². The molecule has 6 aromatic rings. The molecule has 4 aromatic carbocycles. The number of hydrogen-bond donors (Lipinski definition) is 4. The van der Waals surface area contributed by atoms with Gasteiger partial charge in [0.1, 0.15) is 33.7 Å². The number of aryl methyl sites for hydroxylation is 1. The van der Waals surface area contributed by atoms with Crippen molar-refractivity contribution in [2.24, 2.45) is 30.7 Å². The van der Waals surface area contributed by atoms with Crippen LogP contribution in [0.25, 0.3) is 16.7 Å². The number of rotatable bonds is 13.